The van der Waals surface area contributed by atoms with Crippen LogP contribution in [-0.2, 0) is 4.79 Å². The Kier molecular flexibility index (Phi) is 5.86. The van der Waals surface area contributed by atoms with Crippen molar-refractivity contribution in [2.75, 3.05) is 20.8 Å². The molecule has 0 saturated heterocycles. The van der Waals surface area contributed by atoms with E-state index in [0.29, 0.717) is 27.1 Å². The van der Waals surface area contributed by atoms with Crippen molar-refractivity contribution < 1.29 is 24.2 Å². The number of nitrogens with zero attached hydrogens (tertiary/aromatic N) is 1. The molecule has 1 heterocycles. The first-order valence-electron chi connectivity index (χ1n) is 7.91. The fraction of sp³-hybridized carbons (Fsp3) is 0.389. The van der Waals surface area contributed by atoms with Crippen molar-refractivity contribution >= 4 is 23.2 Å². The number of rotatable bonds is 7. The minimum atomic E-state index is -1.04. The molecule has 8 heteroatoms. The van der Waals surface area contributed by atoms with Crippen LogP contribution in [-0.4, -0.2) is 42.7 Å². The van der Waals surface area contributed by atoms with E-state index in [4.69, 9.17) is 14.6 Å². The Bertz CT molecular complexity index is 829. The van der Waals surface area contributed by atoms with Gasteiger partial charge in [-0.2, -0.15) is 0 Å². The van der Waals surface area contributed by atoms with Gasteiger partial charge in [0.2, 0.25) is 0 Å². The molecule has 0 aliphatic heterocycles. The Morgan fingerprint density at radius 3 is 2.46 bits per heavy atom. The van der Waals surface area contributed by atoms with Crippen LogP contribution in [0.1, 0.15) is 29.2 Å². The highest BCUT2D eigenvalue weighted by atomic mass is 32.1. The molecule has 0 unspecified atom stereocenters. The Labute approximate surface area is 156 Å². The third-order valence-corrected chi connectivity index (χ3v) is 5.11. The van der Waals surface area contributed by atoms with Gasteiger partial charge in [0.25, 0.3) is 5.91 Å². The summed E-state index contributed by atoms with van der Waals surface area (Å²) in [6.07, 6.45) is 0. The number of benzene rings is 1. The van der Waals surface area contributed by atoms with E-state index in [1.54, 1.807) is 47.1 Å². The second-order valence-corrected chi connectivity index (χ2v) is 7.37. The van der Waals surface area contributed by atoms with Gasteiger partial charge < -0.3 is 19.9 Å². The maximum atomic E-state index is 12.4. The van der Waals surface area contributed by atoms with Crippen molar-refractivity contribution in [3.05, 3.63) is 28.8 Å². The summed E-state index contributed by atoms with van der Waals surface area (Å²) in [5, 5.41) is 12.5. The number of aliphatic carboxylic acids is 1. The first-order chi connectivity index (χ1) is 12.2. The Morgan fingerprint density at radius 2 is 1.88 bits per heavy atom. The van der Waals surface area contributed by atoms with Crippen LogP contribution in [0.15, 0.2) is 18.2 Å². The molecular formula is C18H22N2O5S. The Hall–Kier alpha value is -2.61. The number of ether oxygens (including phenoxy) is 2. The lowest BCUT2D eigenvalue weighted by Crippen LogP contribution is -2.38. The predicted molar refractivity (Wildman–Crippen MR) is 99.1 cm³/mol. The van der Waals surface area contributed by atoms with E-state index in [1.807, 2.05) is 6.07 Å². The van der Waals surface area contributed by atoms with Gasteiger partial charge in [-0.15, -0.1) is 11.3 Å². The lowest BCUT2D eigenvalue weighted by atomic mass is 9.94. The average Bonchev–Trinajstić information content (AvgIpc) is 3.00. The molecule has 26 heavy (non-hydrogen) atoms. The number of nitrogens with one attached hydrogen (secondary N) is 1. The van der Waals surface area contributed by atoms with Crippen LogP contribution in [0.5, 0.6) is 11.5 Å². The number of thiazole rings is 1. The van der Waals surface area contributed by atoms with Crippen LogP contribution in [0, 0.1) is 12.3 Å². The molecule has 0 radical (unpaired) electrons. The van der Waals surface area contributed by atoms with Gasteiger partial charge in [-0.05, 0) is 39.0 Å². The molecule has 7 nitrogen and oxygen atoms in total. The summed E-state index contributed by atoms with van der Waals surface area (Å²) in [6.45, 7) is 4.90. The number of carbonyl (C=O) groups excluding carboxylic acids is 1. The number of carboxylic acids is 1. The predicted octanol–water partition coefficient (Wildman–Crippen LogP) is 2.98. The maximum absolute atomic E-state index is 12.4. The van der Waals surface area contributed by atoms with Crippen molar-refractivity contribution in [3.63, 3.8) is 0 Å². The van der Waals surface area contributed by atoms with Gasteiger partial charge >= 0.3 is 5.97 Å². The van der Waals surface area contributed by atoms with Gasteiger partial charge in [-0.3, -0.25) is 9.59 Å². The van der Waals surface area contributed by atoms with Crippen molar-refractivity contribution in [1.29, 1.82) is 0 Å². The molecule has 0 saturated carbocycles. The fourth-order valence-electron chi connectivity index (χ4n) is 2.16. The van der Waals surface area contributed by atoms with E-state index in [9.17, 15) is 9.59 Å². The van der Waals surface area contributed by atoms with E-state index < -0.39 is 11.4 Å². The first-order valence-corrected chi connectivity index (χ1v) is 8.72. The molecule has 0 aliphatic carbocycles. The highest BCUT2D eigenvalue weighted by molar-refractivity contribution is 7.17. The molecule has 2 aromatic rings. The van der Waals surface area contributed by atoms with Crippen molar-refractivity contribution in [2.24, 2.45) is 5.41 Å². The number of carbonyl (C=O) groups is 2. The third kappa shape index (κ3) is 4.13. The Balaban J connectivity index is 2.23. The van der Waals surface area contributed by atoms with Crippen molar-refractivity contribution in [3.8, 4) is 22.1 Å². The van der Waals surface area contributed by atoms with Crippen LogP contribution in [0.3, 0.4) is 0 Å². The molecule has 0 aliphatic rings. The summed E-state index contributed by atoms with van der Waals surface area (Å²) in [5.74, 6) is -0.114. The van der Waals surface area contributed by atoms with Gasteiger partial charge in [-0.25, -0.2) is 4.98 Å². The highest BCUT2D eigenvalue weighted by Gasteiger charge is 2.28. The molecule has 2 N–H and O–H groups in total. The monoisotopic (exact) mass is 378 g/mol. The molecule has 2 rings (SSSR count). The van der Waals surface area contributed by atoms with Crippen LogP contribution in [0.25, 0.3) is 10.6 Å². The number of aromatic nitrogens is 1. The van der Waals surface area contributed by atoms with Crippen LogP contribution in [0.4, 0.5) is 0 Å². The van der Waals surface area contributed by atoms with E-state index in [-0.39, 0.29) is 12.5 Å². The number of methoxy groups -OCH3 is 2. The lowest BCUT2D eigenvalue weighted by Gasteiger charge is -2.19. The zero-order valence-corrected chi connectivity index (χ0v) is 16.2. The van der Waals surface area contributed by atoms with Crippen LogP contribution >= 0.6 is 11.3 Å². The van der Waals surface area contributed by atoms with Gasteiger partial charge in [0.1, 0.15) is 9.88 Å². The molecule has 1 aromatic heterocycles. The molecule has 1 amide bonds. The van der Waals surface area contributed by atoms with Crippen molar-refractivity contribution in [1.82, 2.24) is 10.3 Å². The third-order valence-electron chi connectivity index (χ3n) is 3.90. The number of hydrogen-bond acceptors (Lipinski definition) is 6. The van der Waals surface area contributed by atoms with E-state index in [0.717, 1.165) is 5.56 Å². The molecule has 0 bridgehead atoms. The molecule has 140 valence electrons. The summed E-state index contributed by atoms with van der Waals surface area (Å²) in [7, 11) is 3.12. The minimum Gasteiger partial charge on any atom is -0.493 e. The molecule has 0 fully saturated rings. The van der Waals surface area contributed by atoms with Crippen LogP contribution in [0.2, 0.25) is 0 Å². The zero-order valence-electron chi connectivity index (χ0n) is 15.4. The van der Waals surface area contributed by atoms with E-state index >= 15 is 0 Å². The average molecular weight is 378 g/mol. The Morgan fingerprint density at radius 1 is 1.23 bits per heavy atom. The minimum absolute atomic E-state index is 0.0319. The quantitative estimate of drug-likeness (QED) is 0.769. The zero-order chi connectivity index (χ0) is 19.5. The largest absolute Gasteiger partial charge is 0.493 e. The smallest absolute Gasteiger partial charge is 0.310 e. The molecule has 0 spiro atoms. The second-order valence-electron chi connectivity index (χ2n) is 6.38. The molecule has 1 aromatic carbocycles. The number of hydrogen-bond donors (Lipinski definition) is 2. The summed E-state index contributed by atoms with van der Waals surface area (Å²) in [6, 6.07) is 5.42. The maximum Gasteiger partial charge on any atom is 0.310 e. The molecular weight excluding hydrogens is 356 g/mol. The summed E-state index contributed by atoms with van der Waals surface area (Å²) < 4.78 is 10.5. The standard InChI is InChI=1S/C18H22N2O5S/c1-10-14(15(21)19-9-18(2,3)17(22)23)26-16(20-10)11-6-7-12(24-4)13(8-11)25-5/h6-8H,9H2,1-5H3,(H,19,21)(H,22,23). The van der Waals surface area contributed by atoms with Crippen molar-refractivity contribution in [2.45, 2.75) is 20.8 Å². The topological polar surface area (TPSA) is 97.8 Å². The number of aryl methyl sites for hydroxylation is 1. The van der Waals surface area contributed by atoms with E-state index in [2.05, 4.69) is 10.3 Å². The SMILES string of the molecule is COc1ccc(-c2nc(C)c(C(=O)NCC(C)(C)C(=O)O)s2)cc1OC. The summed E-state index contributed by atoms with van der Waals surface area (Å²) >= 11 is 1.25. The van der Waals surface area contributed by atoms with Gasteiger partial charge in [-0.1, -0.05) is 0 Å². The number of amides is 1. The highest BCUT2D eigenvalue weighted by Crippen LogP contribution is 2.35. The lowest BCUT2D eigenvalue weighted by molar-refractivity contribution is -0.146. The fourth-order valence-corrected chi connectivity index (χ4v) is 3.14. The summed E-state index contributed by atoms with van der Waals surface area (Å²) in [4.78, 5) is 28.5. The normalized spacial score (nSPS) is 11.1. The number of carboxylic acid groups (broad SMARTS) is 1. The van der Waals surface area contributed by atoms with Gasteiger partial charge in [0.05, 0.1) is 25.3 Å². The molecule has 0 atom stereocenters. The second kappa shape index (κ2) is 7.74. The van der Waals surface area contributed by atoms with Crippen LogP contribution < -0.4 is 14.8 Å². The van der Waals surface area contributed by atoms with E-state index in [1.165, 1.54) is 11.3 Å². The van der Waals surface area contributed by atoms with Gasteiger partial charge in [0, 0.05) is 12.1 Å². The van der Waals surface area contributed by atoms with Gasteiger partial charge in [0.15, 0.2) is 11.5 Å². The first kappa shape index (κ1) is 19.7. The summed E-state index contributed by atoms with van der Waals surface area (Å²) in [5.41, 5.74) is 0.353.